The molecule has 0 aliphatic rings. The molecule has 2 atom stereocenters. The molecule has 0 heterocycles. The van der Waals surface area contributed by atoms with Gasteiger partial charge in [-0.25, -0.2) is 9.59 Å². The molecule has 46 heavy (non-hydrogen) atoms. The van der Waals surface area contributed by atoms with Crippen LogP contribution in [0, 0.1) is 11.8 Å². The zero-order valence-electron chi connectivity index (χ0n) is 29.9. The lowest BCUT2D eigenvalue weighted by molar-refractivity contribution is -0.150. The predicted molar refractivity (Wildman–Crippen MR) is 188 cm³/mol. The molecule has 2 N–H and O–H groups in total. The van der Waals surface area contributed by atoms with Crippen molar-refractivity contribution >= 4 is 23.8 Å². The Balaban J connectivity index is 4.09. The largest absolute Gasteiger partial charge is 0.464 e. The summed E-state index contributed by atoms with van der Waals surface area (Å²) in [6.07, 6.45) is 23.0. The molecular formula is C38H68N2O6. The second-order valence-electron chi connectivity index (χ2n) is 13.2. The van der Waals surface area contributed by atoms with Crippen molar-refractivity contribution in [3.8, 4) is 0 Å². The van der Waals surface area contributed by atoms with Gasteiger partial charge in [0.2, 0.25) is 11.8 Å². The van der Waals surface area contributed by atoms with Crippen molar-refractivity contribution in [3.63, 3.8) is 0 Å². The van der Waals surface area contributed by atoms with Crippen LogP contribution < -0.4 is 10.6 Å². The summed E-state index contributed by atoms with van der Waals surface area (Å²) < 4.78 is 10.9. The molecular weight excluding hydrogens is 580 g/mol. The van der Waals surface area contributed by atoms with Crippen molar-refractivity contribution in [1.29, 1.82) is 0 Å². The monoisotopic (exact) mass is 649 g/mol. The minimum atomic E-state index is -0.641. The average Bonchev–Trinajstić information content (AvgIpc) is 3.01. The van der Waals surface area contributed by atoms with Crippen LogP contribution in [0.4, 0.5) is 0 Å². The summed E-state index contributed by atoms with van der Waals surface area (Å²) in [5.41, 5.74) is 0. The SMILES string of the molecule is C=CCCCCCCCCC(=O)NC(C(=O)OCCCCCCOC(=O)C(NC(=O)CCCCCCCCC=C)C(C)C)C(C)C. The average molecular weight is 649 g/mol. The molecule has 0 bridgehead atoms. The van der Waals surface area contributed by atoms with Crippen LogP contribution in [0.1, 0.15) is 156 Å². The maximum atomic E-state index is 12.6. The molecule has 8 heteroatoms. The van der Waals surface area contributed by atoms with Gasteiger partial charge in [-0.2, -0.15) is 0 Å². The minimum absolute atomic E-state index is 0.0575. The highest BCUT2D eigenvalue weighted by atomic mass is 16.5. The van der Waals surface area contributed by atoms with Gasteiger partial charge in [0.25, 0.3) is 0 Å². The van der Waals surface area contributed by atoms with E-state index < -0.39 is 12.1 Å². The van der Waals surface area contributed by atoms with E-state index in [1.165, 1.54) is 38.5 Å². The van der Waals surface area contributed by atoms with Crippen LogP contribution in [-0.4, -0.2) is 49.1 Å². The van der Waals surface area contributed by atoms with Gasteiger partial charge in [-0.3, -0.25) is 9.59 Å². The van der Waals surface area contributed by atoms with E-state index in [-0.39, 0.29) is 35.6 Å². The van der Waals surface area contributed by atoms with Gasteiger partial charge in [-0.05, 0) is 76.0 Å². The van der Waals surface area contributed by atoms with Gasteiger partial charge in [-0.1, -0.05) is 91.2 Å². The van der Waals surface area contributed by atoms with Crippen molar-refractivity contribution in [2.45, 2.75) is 168 Å². The summed E-state index contributed by atoms with van der Waals surface area (Å²) in [6, 6.07) is -1.28. The van der Waals surface area contributed by atoms with Crippen LogP contribution in [0.5, 0.6) is 0 Å². The van der Waals surface area contributed by atoms with Crippen LogP contribution in [0.15, 0.2) is 25.3 Å². The third kappa shape index (κ3) is 24.6. The normalized spacial score (nSPS) is 12.4. The molecule has 0 radical (unpaired) electrons. The Kier molecular flexibility index (Phi) is 28.0. The zero-order chi connectivity index (χ0) is 34.4. The lowest BCUT2D eigenvalue weighted by atomic mass is 10.0. The van der Waals surface area contributed by atoms with E-state index in [1.54, 1.807) is 0 Å². The summed E-state index contributed by atoms with van der Waals surface area (Å²) in [5.74, 6) is -1.09. The first kappa shape index (κ1) is 43.4. The van der Waals surface area contributed by atoms with Gasteiger partial charge in [0.15, 0.2) is 0 Å². The fourth-order valence-electron chi connectivity index (χ4n) is 5.13. The standard InChI is InChI=1S/C38H68N2O6/c1-7-9-11-13-15-17-19-23-27-33(41)39-35(31(3)4)37(43)45-29-25-21-22-26-30-46-38(44)36(32(5)6)40-34(42)28-24-20-18-16-14-12-10-8-2/h7-8,31-32,35-36H,1-2,9-30H2,3-6H3,(H,39,41)(H,40,42). The maximum absolute atomic E-state index is 12.6. The highest BCUT2D eigenvalue weighted by Crippen LogP contribution is 2.12. The molecule has 2 unspecified atom stereocenters. The van der Waals surface area contributed by atoms with Crippen LogP contribution >= 0.6 is 0 Å². The first-order valence-electron chi connectivity index (χ1n) is 18.3. The number of amides is 2. The highest BCUT2D eigenvalue weighted by molar-refractivity contribution is 5.85. The predicted octanol–water partition coefficient (Wildman–Crippen LogP) is 8.53. The summed E-state index contributed by atoms with van der Waals surface area (Å²) in [7, 11) is 0. The van der Waals surface area contributed by atoms with Crippen molar-refractivity contribution in [2.24, 2.45) is 11.8 Å². The Hall–Kier alpha value is -2.64. The Morgan fingerprint density at radius 1 is 0.500 bits per heavy atom. The lowest BCUT2D eigenvalue weighted by Crippen LogP contribution is -2.45. The number of nitrogens with one attached hydrogen (secondary N) is 2. The topological polar surface area (TPSA) is 111 Å². The second-order valence-corrected chi connectivity index (χ2v) is 13.2. The smallest absolute Gasteiger partial charge is 0.328 e. The maximum Gasteiger partial charge on any atom is 0.328 e. The van der Waals surface area contributed by atoms with E-state index in [1.807, 2.05) is 39.8 Å². The number of hydrogen-bond acceptors (Lipinski definition) is 6. The fourth-order valence-corrected chi connectivity index (χ4v) is 5.13. The zero-order valence-corrected chi connectivity index (χ0v) is 29.9. The lowest BCUT2D eigenvalue weighted by Gasteiger charge is -2.21. The van der Waals surface area contributed by atoms with Crippen molar-refractivity contribution in [3.05, 3.63) is 25.3 Å². The number of allylic oxidation sites excluding steroid dienone is 2. The van der Waals surface area contributed by atoms with Gasteiger partial charge in [0.05, 0.1) is 13.2 Å². The van der Waals surface area contributed by atoms with Crippen molar-refractivity contribution < 1.29 is 28.7 Å². The third-order valence-electron chi connectivity index (χ3n) is 8.13. The number of unbranched alkanes of at least 4 members (excludes halogenated alkanes) is 15. The molecule has 2 amide bonds. The van der Waals surface area contributed by atoms with Gasteiger partial charge < -0.3 is 20.1 Å². The first-order valence-corrected chi connectivity index (χ1v) is 18.3. The van der Waals surface area contributed by atoms with Crippen molar-refractivity contribution in [2.75, 3.05) is 13.2 Å². The molecule has 0 aliphatic carbocycles. The van der Waals surface area contributed by atoms with Crippen molar-refractivity contribution in [1.82, 2.24) is 10.6 Å². The molecule has 266 valence electrons. The molecule has 0 aromatic rings. The van der Waals surface area contributed by atoms with Gasteiger partial charge in [0, 0.05) is 12.8 Å². The third-order valence-corrected chi connectivity index (χ3v) is 8.13. The Bertz CT molecular complexity index is 773. The number of hydrogen-bond donors (Lipinski definition) is 2. The molecule has 0 fully saturated rings. The first-order chi connectivity index (χ1) is 22.1. The van der Waals surface area contributed by atoms with E-state index in [9.17, 15) is 19.2 Å². The van der Waals surface area contributed by atoms with E-state index in [0.717, 1.165) is 64.2 Å². The van der Waals surface area contributed by atoms with Crippen LogP contribution in [0.3, 0.4) is 0 Å². The van der Waals surface area contributed by atoms with E-state index in [2.05, 4.69) is 23.8 Å². The van der Waals surface area contributed by atoms with Crippen LogP contribution in [0.2, 0.25) is 0 Å². The minimum Gasteiger partial charge on any atom is -0.464 e. The fraction of sp³-hybridized carbons (Fsp3) is 0.789. The number of rotatable bonds is 31. The van der Waals surface area contributed by atoms with E-state index in [4.69, 9.17) is 9.47 Å². The summed E-state index contributed by atoms with van der Waals surface area (Å²) >= 11 is 0. The van der Waals surface area contributed by atoms with Gasteiger partial charge in [-0.15, -0.1) is 13.2 Å². The highest BCUT2D eigenvalue weighted by Gasteiger charge is 2.26. The Morgan fingerprint density at radius 2 is 0.804 bits per heavy atom. The van der Waals surface area contributed by atoms with Crippen LogP contribution in [-0.2, 0) is 28.7 Å². The Labute approximate surface area is 281 Å². The summed E-state index contributed by atoms with van der Waals surface area (Å²) in [5, 5.41) is 5.73. The van der Waals surface area contributed by atoms with Gasteiger partial charge >= 0.3 is 11.9 Å². The quantitative estimate of drug-likeness (QED) is 0.0443. The number of esters is 2. The molecule has 0 spiro atoms. The Morgan fingerprint density at radius 3 is 1.13 bits per heavy atom. The number of carbonyl (C=O) groups excluding carboxylic acids is 4. The second kappa shape index (κ2) is 29.7. The molecule has 0 aromatic carbocycles. The molecule has 0 aliphatic heterocycles. The molecule has 0 saturated carbocycles. The molecule has 0 saturated heterocycles. The summed E-state index contributed by atoms with van der Waals surface area (Å²) in [6.45, 7) is 15.7. The number of ether oxygens (including phenoxy) is 2. The molecule has 0 rings (SSSR count). The van der Waals surface area contributed by atoms with Gasteiger partial charge in [0.1, 0.15) is 12.1 Å². The van der Waals surface area contributed by atoms with E-state index in [0.29, 0.717) is 38.9 Å². The molecule has 0 aromatic heterocycles. The molecule has 8 nitrogen and oxygen atoms in total. The number of carbonyl (C=O) groups is 4. The van der Waals surface area contributed by atoms with Crippen LogP contribution in [0.25, 0.3) is 0 Å². The summed E-state index contributed by atoms with van der Waals surface area (Å²) in [4.78, 5) is 50.1. The van der Waals surface area contributed by atoms with E-state index >= 15 is 0 Å².